The van der Waals surface area contributed by atoms with Crippen LogP contribution < -0.4 is 5.73 Å². The van der Waals surface area contributed by atoms with Gasteiger partial charge in [0.1, 0.15) is 6.07 Å². The van der Waals surface area contributed by atoms with Crippen LogP contribution in [0.25, 0.3) is 11.3 Å². The molecule has 1 aromatic carbocycles. The van der Waals surface area contributed by atoms with Crippen LogP contribution in [0.15, 0.2) is 30.5 Å². The van der Waals surface area contributed by atoms with E-state index >= 15 is 0 Å². The van der Waals surface area contributed by atoms with Crippen molar-refractivity contribution in [1.29, 1.82) is 5.26 Å². The van der Waals surface area contributed by atoms with Gasteiger partial charge in [0.15, 0.2) is 0 Å². The van der Waals surface area contributed by atoms with Crippen LogP contribution in [0.2, 0.25) is 5.02 Å². The molecule has 2 aromatic rings. The van der Waals surface area contributed by atoms with Crippen molar-refractivity contribution in [2.45, 2.75) is 19.5 Å². The average Bonchev–Trinajstić information content (AvgIpc) is 2.76. The smallest absolute Gasteiger partial charge is 0.101 e. The molecule has 19 heavy (non-hydrogen) atoms. The van der Waals surface area contributed by atoms with Gasteiger partial charge in [-0.05, 0) is 25.1 Å². The van der Waals surface area contributed by atoms with Crippen LogP contribution >= 0.6 is 24.0 Å². The summed E-state index contributed by atoms with van der Waals surface area (Å²) in [6, 6.07) is 9.27. The van der Waals surface area contributed by atoms with Gasteiger partial charge in [0.05, 0.1) is 22.8 Å². The van der Waals surface area contributed by atoms with E-state index in [1.807, 2.05) is 31.3 Å². The van der Waals surface area contributed by atoms with E-state index < -0.39 is 0 Å². The van der Waals surface area contributed by atoms with Crippen LogP contribution in [0.1, 0.15) is 12.5 Å². The van der Waals surface area contributed by atoms with Gasteiger partial charge in [-0.1, -0.05) is 17.7 Å². The minimum Gasteiger partial charge on any atom is -0.326 e. The first-order valence-corrected chi connectivity index (χ1v) is 5.97. The molecule has 0 aliphatic heterocycles. The summed E-state index contributed by atoms with van der Waals surface area (Å²) in [5.41, 5.74) is 7.90. The molecule has 0 amide bonds. The van der Waals surface area contributed by atoms with Crippen LogP contribution in [0, 0.1) is 11.3 Å². The second-order valence-corrected chi connectivity index (χ2v) is 4.61. The summed E-state index contributed by atoms with van der Waals surface area (Å²) < 4.78 is 1.80. The maximum Gasteiger partial charge on any atom is 0.101 e. The Morgan fingerprint density at radius 1 is 1.47 bits per heavy atom. The van der Waals surface area contributed by atoms with Crippen LogP contribution in [0.5, 0.6) is 0 Å². The number of hydrogen-bond donors (Lipinski definition) is 1. The Kier molecular flexibility index (Phi) is 5.37. The van der Waals surface area contributed by atoms with Gasteiger partial charge in [-0.3, -0.25) is 4.68 Å². The lowest BCUT2D eigenvalue weighted by atomic mass is 10.1. The fourth-order valence-electron chi connectivity index (χ4n) is 1.68. The monoisotopic (exact) mass is 296 g/mol. The van der Waals surface area contributed by atoms with Gasteiger partial charge < -0.3 is 5.73 Å². The number of benzene rings is 1. The fourth-order valence-corrected chi connectivity index (χ4v) is 1.90. The summed E-state index contributed by atoms with van der Waals surface area (Å²) in [6.45, 7) is 2.60. The highest BCUT2D eigenvalue weighted by molar-refractivity contribution is 6.32. The molecule has 0 fully saturated rings. The van der Waals surface area contributed by atoms with Gasteiger partial charge in [-0.15, -0.1) is 12.4 Å². The average molecular weight is 297 g/mol. The minimum absolute atomic E-state index is 0. The predicted molar refractivity (Wildman–Crippen MR) is 78.3 cm³/mol. The Bertz CT molecular complexity index is 599. The summed E-state index contributed by atoms with van der Waals surface area (Å²) >= 11 is 5.99. The lowest BCUT2D eigenvalue weighted by molar-refractivity contribution is 0.540. The van der Waals surface area contributed by atoms with Crippen molar-refractivity contribution in [2.75, 3.05) is 0 Å². The van der Waals surface area contributed by atoms with E-state index in [9.17, 15) is 0 Å². The van der Waals surface area contributed by atoms with E-state index in [4.69, 9.17) is 22.6 Å². The Morgan fingerprint density at radius 2 is 2.21 bits per heavy atom. The molecule has 0 bridgehead atoms. The lowest BCUT2D eigenvalue weighted by Crippen LogP contribution is -2.22. The molecule has 4 nitrogen and oxygen atoms in total. The van der Waals surface area contributed by atoms with Crippen molar-refractivity contribution in [3.05, 3.63) is 41.0 Å². The number of hydrogen-bond acceptors (Lipinski definition) is 3. The maximum absolute atomic E-state index is 8.82. The predicted octanol–water partition coefficient (Wildman–Crippen LogP) is 2.84. The van der Waals surface area contributed by atoms with Crippen molar-refractivity contribution >= 4 is 24.0 Å². The third kappa shape index (κ3) is 3.71. The molecule has 0 aliphatic rings. The third-order valence-electron chi connectivity index (χ3n) is 2.50. The largest absolute Gasteiger partial charge is 0.326 e. The number of nitriles is 1. The second-order valence-electron chi connectivity index (χ2n) is 4.21. The molecule has 100 valence electrons. The Hall–Kier alpha value is -1.54. The van der Waals surface area contributed by atoms with Crippen molar-refractivity contribution in [2.24, 2.45) is 5.73 Å². The molecule has 2 N–H and O–H groups in total. The number of aromatic nitrogens is 2. The molecule has 1 heterocycles. The SMILES string of the molecule is CC(N)Cn1ccc(-c2ccc(C#N)c(Cl)c2)n1.Cl. The number of nitrogens with two attached hydrogens (primary N) is 1. The molecule has 0 saturated heterocycles. The van der Waals surface area contributed by atoms with Gasteiger partial charge in [-0.2, -0.15) is 10.4 Å². The zero-order chi connectivity index (χ0) is 13.1. The molecule has 0 aliphatic carbocycles. The molecule has 0 spiro atoms. The second kappa shape index (κ2) is 6.58. The van der Waals surface area contributed by atoms with Crippen LogP contribution in [-0.4, -0.2) is 15.8 Å². The Morgan fingerprint density at radius 3 is 2.79 bits per heavy atom. The summed E-state index contributed by atoms with van der Waals surface area (Å²) in [7, 11) is 0. The molecular formula is C13H14Cl2N4. The first kappa shape index (κ1) is 15.5. The van der Waals surface area contributed by atoms with Gasteiger partial charge in [0.25, 0.3) is 0 Å². The van der Waals surface area contributed by atoms with E-state index in [2.05, 4.69) is 5.10 Å². The molecule has 1 aromatic heterocycles. The molecule has 2 rings (SSSR count). The van der Waals surface area contributed by atoms with Gasteiger partial charge in [0.2, 0.25) is 0 Å². The molecule has 0 radical (unpaired) electrons. The van der Waals surface area contributed by atoms with E-state index in [0.717, 1.165) is 11.3 Å². The summed E-state index contributed by atoms with van der Waals surface area (Å²) in [6.07, 6.45) is 1.88. The van der Waals surface area contributed by atoms with E-state index in [1.54, 1.807) is 16.8 Å². The van der Waals surface area contributed by atoms with Crippen LogP contribution in [-0.2, 0) is 6.54 Å². The molecule has 6 heteroatoms. The quantitative estimate of drug-likeness (QED) is 0.947. The summed E-state index contributed by atoms with van der Waals surface area (Å²) in [5, 5.41) is 13.7. The molecular weight excluding hydrogens is 283 g/mol. The first-order valence-electron chi connectivity index (χ1n) is 5.59. The zero-order valence-corrected chi connectivity index (χ0v) is 11.9. The normalized spacial score (nSPS) is 11.5. The van der Waals surface area contributed by atoms with E-state index in [0.29, 0.717) is 17.1 Å². The van der Waals surface area contributed by atoms with Crippen molar-refractivity contribution in [1.82, 2.24) is 9.78 Å². The van der Waals surface area contributed by atoms with Crippen LogP contribution in [0.4, 0.5) is 0 Å². The standard InChI is InChI=1S/C13H13ClN4.ClH/c1-9(16)8-18-5-4-13(17-18)10-2-3-11(7-15)12(14)6-10;/h2-6,9H,8,16H2,1H3;1H. The van der Waals surface area contributed by atoms with E-state index in [-0.39, 0.29) is 18.4 Å². The van der Waals surface area contributed by atoms with Gasteiger partial charge in [0, 0.05) is 17.8 Å². The highest BCUT2D eigenvalue weighted by Gasteiger charge is 2.06. The van der Waals surface area contributed by atoms with E-state index in [1.165, 1.54) is 0 Å². The van der Waals surface area contributed by atoms with Crippen molar-refractivity contribution in [3.63, 3.8) is 0 Å². The van der Waals surface area contributed by atoms with Crippen molar-refractivity contribution < 1.29 is 0 Å². The summed E-state index contributed by atoms with van der Waals surface area (Å²) in [5.74, 6) is 0. The minimum atomic E-state index is 0. The number of nitrogens with zero attached hydrogens (tertiary/aromatic N) is 3. The summed E-state index contributed by atoms with van der Waals surface area (Å²) in [4.78, 5) is 0. The number of halogens is 2. The lowest BCUT2D eigenvalue weighted by Gasteiger charge is -2.04. The third-order valence-corrected chi connectivity index (χ3v) is 2.81. The Balaban J connectivity index is 0.00000180. The van der Waals surface area contributed by atoms with Gasteiger partial charge >= 0.3 is 0 Å². The molecule has 1 atom stereocenters. The highest BCUT2D eigenvalue weighted by atomic mass is 35.5. The topological polar surface area (TPSA) is 67.6 Å². The van der Waals surface area contributed by atoms with Gasteiger partial charge in [-0.25, -0.2) is 0 Å². The fraction of sp³-hybridized carbons (Fsp3) is 0.231. The first-order chi connectivity index (χ1) is 8.60. The highest BCUT2D eigenvalue weighted by Crippen LogP contribution is 2.24. The molecule has 1 unspecified atom stereocenters. The Labute approximate surface area is 123 Å². The maximum atomic E-state index is 8.82. The van der Waals surface area contributed by atoms with Crippen molar-refractivity contribution in [3.8, 4) is 17.3 Å². The number of rotatable bonds is 3. The zero-order valence-electron chi connectivity index (χ0n) is 10.4. The van der Waals surface area contributed by atoms with Crippen LogP contribution in [0.3, 0.4) is 0 Å². The molecule has 0 saturated carbocycles.